The van der Waals surface area contributed by atoms with E-state index < -0.39 is 18.8 Å². The summed E-state index contributed by atoms with van der Waals surface area (Å²) in [7, 11) is 0. The molecule has 2 unspecified atom stereocenters. The van der Waals surface area contributed by atoms with Crippen LogP contribution in [0, 0.1) is 5.92 Å². The average molecular weight is 197 g/mol. The molecular weight excluding hydrogens is 183 g/mol. The van der Waals surface area contributed by atoms with E-state index in [1.165, 1.54) is 4.90 Å². The molecule has 1 heterocycles. The molecule has 5 heteroatoms. The molecule has 0 aliphatic carbocycles. The number of hydrogen-bond acceptors (Lipinski definition) is 2. The normalized spacial score (nSPS) is 32.1. The molecule has 1 aliphatic rings. The Morgan fingerprint density at radius 3 is 2.54 bits per heavy atom. The summed E-state index contributed by atoms with van der Waals surface area (Å²) in [6.45, 7) is 1.59. The summed E-state index contributed by atoms with van der Waals surface area (Å²) in [4.78, 5) is 1.34. The summed E-state index contributed by atoms with van der Waals surface area (Å²) in [6.07, 6.45) is -4.12. The van der Waals surface area contributed by atoms with Gasteiger partial charge in [0, 0.05) is 13.1 Å². The Morgan fingerprint density at radius 2 is 2.08 bits per heavy atom. The van der Waals surface area contributed by atoms with Crippen LogP contribution in [0.5, 0.6) is 0 Å². The number of aliphatic hydroxyl groups excluding tert-OH is 1. The molecule has 0 saturated carbocycles. The molecular formula is C8H14F3NO. The van der Waals surface area contributed by atoms with Crippen molar-refractivity contribution in [3.8, 4) is 0 Å². The minimum absolute atomic E-state index is 0.0592. The minimum Gasteiger partial charge on any atom is -0.393 e. The highest BCUT2D eigenvalue weighted by molar-refractivity contribution is 4.78. The van der Waals surface area contributed by atoms with E-state index in [0.717, 1.165) is 0 Å². The Balaban J connectivity index is 2.38. The predicted octanol–water partition coefficient (Wildman–Crippen LogP) is 1.25. The summed E-state index contributed by atoms with van der Waals surface area (Å²) in [6, 6.07) is 0. The van der Waals surface area contributed by atoms with Crippen molar-refractivity contribution in [2.75, 3.05) is 19.6 Å². The second-order valence-corrected chi connectivity index (χ2v) is 3.68. The van der Waals surface area contributed by atoms with Crippen LogP contribution < -0.4 is 0 Å². The second kappa shape index (κ2) is 3.84. The molecule has 13 heavy (non-hydrogen) atoms. The van der Waals surface area contributed by atoms with Crippen LogP contribution in [0.3, 0.4) is 0 Å². The molecule has 0 bridgehead atoms. The number of aliphatic hydroxyl groups is 1. The Kier molecular flexibility index (Phi) is 3.18. The van der Waals surface area contributed by atoms with E-state index in [1.807, 2.05) is 0 Å². The van der Waals surface area contributed by atoms with Crippen molar-refractivity contribution in [2.45, 2.75) is 25.6 Å². The van der Waals surface area contributed by atoms with Crippen molar-refractivity contribution in [3.63, 3.8) is 0 Å². The van der Waals surface area contributed by atoms with Crippen molar-refractivity contribution < 1.29 is 18.3 Å². The summed E-state index contributed by atoms with van der Waals surface area (Å²) in [5, 5.41) is 9.29. The molecule has 2 atom stereocenters. The highest BCUT2D eigenvalue weighted by Gasteiger charge is 2.34. The topological polar surface area (TPSA) is 23.5 Å². The van der Waals surface area contributed by atoms with E-state index in [-0.39, 0.29) is 5.92 Å². The third-order valence-corrected chi connectivity index (χ3v) is 2.35. The standard InChI is InChI=1S/C8H14F3NO/c1-6-4-12(3-2-7(6)13)5-8(9,10)11/h6-7,13H,2-5H2,1H3. The van der Waals surface area contributed by atoms with Crippen LogP contribution in [-0.4, -0.2) is 41.9 Å². The third kappa shape index (κ3) is 3.52. The maximum atomic E-state index is 12.0. The molecule has 1 N–H and O–H groups in total. The second-order valence-electron chi connectivity index (χ2n) is 3.68. The zero-order valence-electron chi connectivity index (χ0n) is 7.51. The van der Waals surface area contributed by atoms with E-state index in [2.05, 4.69) is 0 Å². The number of likely N-dealkylation sites (tertiary alicyclic amines) is 1. The van der Waals surface area contributed by atoms with Crippen LogP contribution in [-0.2, 0) is 0 Å². The van der Waals surface area contributed by atoms with Crippen molar-refractivity contribution in [2.24, 2.45) is 5.92 Å². The molecule has 0 aromatic carbocycles. The van der Waals surface area contributed by atoms with Gasteiger partial charge in [0.15, 0.2) is 0 Å². The van der Waals surface area contributed by atoms with Gasteiger partial charge < -0.3 is 5.11 Å². The molecule has 1 fully saturated rings. The molecule has 1 saturated heterocycles. The number of piperidine rings is 1. The van der Waals surface area contributed by atoms with Gasteiger partial charge in [-0.05, 0) is 12.3 Å². The average Bonchev–Trinajstić information content (AvgIpc) is 1.94. The van der Waals surface area contributed by atoms with Gasteiger partial charge in [-0.25, -0.2) is 0 Å². The molecule has 0 spiro atoms. The first kappa shape index (κ1) is 10.8. The summed E-state index contributed by atoms with van der Waals surface area (Å²) >= 11 is 0. The van der Waals surface area contributed by atoms with Crippen molar-refractivity contribution in [3.05, 3.63) is 0 Å². The largest absolute Gasteiger partial charge is 0.401 e. The molecule has 78 valence electrons. The number of halogens is 3. The van der Waals surface area contributed by atoms with E-state index in [4.69, 9.17) is 0 Å². The fraction of sp³-hybridized carbons (Fsp3) is 1.00. The van der Waals surface area contributed by atoms with E-state index in [9.17, 15) is 18.3 Å². The van der Waals surface area contributed by atoms with Crippen molar-refractivity contribution >= 4 is 0 Å². The number of rotatable bonds is 1. The molecule has 2 nitrogen and oxygen atoms in total. The lowest BCUT2D eigenvalue weighted by atomic mass is 9.97. The van der Waals surface area contributed by atoms with Gasteiger partial charge in [0.25, 0.3) is 0 Å². The van der Waals surface area contributed by atoms with Gasteiger partial charge >= 0.3 is 6.18 Å². The number of alkyl halides is 3. The molecule has 0 aromatic heterocycles. The third-order valence-electron chi connectivity index (χ3n) is 2.35. The van der Waals surface area contributed by atoms with Gasteiger partial charge in [0.2, 0.25) is 0 Å². The molecule has 0 radical (unpaired) electrons. The van der Waals surface area contributed by atoms with E-state index >= 15 is 0 Å². The monoisotopic (exact) mass is 197 g/mol. The molecule has 1 rings (SSSR count). The van der Waals surface area contributed by atoms with Gasteiger partial charge in [-0.1, -0.05) is 6.92 Å². The zero-order chi connectivity index (χ0) is 10.1. The van der Waals surface area contributed by atoms with Crippen LogP contribution in [0.2, 0.25) is 0 Å². The summed E-state index contributed by atoms with van der Waals surface area (Å²) in [5.41, 5.74) is 0. The molecule has 1 aliphatic heterocycles. The Morgan fingerprint density at radius 1 is 1.46 bits per heavy atom. The first-order valence-electron chi connectivity index (χ1n) is 4.35. The van der Waals surface area contributed by atoms with Gasteiger partial charge in [-0.3, -0.25) is 4.90 Å². The van der Waals surface area contributed by atoms with Crippen LogP contribution in [0.25, 0.3) is 0 Å². The summed E-state index contributed by atoms with van der Waals surface area (Å²) < 4.78 is 35.9. The molecule has 0 aromatic rings. The lowest BCUT2D eigenvalue weighted by Gasteiger charge is -2.34. The van der Waals surface area contributed by atoms with Gasteiger partial charge in [0.1, 0.15) is 0 Å². The first-order chi connectivity index (χ1) is 5.88. The number of hydrogen-bond donors (Lipinski definition) is 1. The van der Waals surface area contributed by atoms with Gasteiger partial charge in [-0.2, -0.15) is 13.2 Å². The highest BCUT2D eigenvalue weighted by atomic mass is 19.4. The molecule has 0 amide bonds. The maximum absolute atomic E-state index is 12.0. The fourth-order valence-corrected chi connectivity index (χ4v) is 1.62. The van der Waals surface area contributed by atoms with Crippen LogP contribution in [0.15, 0.2) is 0 Å². The predicted molar refractivity (Wildman–Crippen MR) is 42.3 cm³/mol. The lowest BCUT2D eigenvalue weighted by molar-refractivity contribution is -0.152. The quantitative estimate of drug-likeness (QED) is 0.684. The van der Waals surface area contributed by atoms with Gasteiger partial charge in [0.05, 0.1) is 12.6 Å². The van der Waals surface area contributed by atoms with Crippen LogP contribution in [0.1, 0.15) is 13.3 Å². The number of nitrogens with zero attached hydrogens (tertiary/aromatic N) is 1. The lowest BCUT2D eigenvalue weighted by Crippen LogP contribution is -2.45. The van der Waals surface area contributed by atoms with Crippen LogP contribution >= 0.6 is 0 Å². The zero-order valence-corrected chi connectivity index (χ0v) is 7.51. The van der Waals surface area contributed by atoms with Crippen LogP contribution in [0.4, 0.5) is 13.2 Å². The first-order valence-corrected chi connectivity index (χ1v) is 4.35. The smallest absolute Gasteiger partial charge is 0.393 e. The van der Waals surface area contributed by atoms with Crippen molar-refractivity contribution in [1.82, 2.24) is 4.90 Å². The Labute approximate surface area is 75.3 Å². The minimum atomic E-state index is -4.12. The van der Waals surface area contributed by atoms with Crippen molar-refractivity contribution in [1.29, 1.82) is 0 Å². The van der Waals surface area contributed by atoms with E-state index in [1.54, 1.807) is 6.92 Å². The Bertz CT molecular complexity index is 171. The summed E-state index contributed by atoms with van der Waals surface area (Å²) in [5.74, 6) is -0.0592. The Hall–Kier alpha value is -0.290. The van der Waals surface area contributed by atoms with Gasteiger partial charge in [-0.15, -0.1) is 0 Å². The highest BCUT2D eigenvalue weighted by Crippen LogP contribution is 2.22. The maximum Gasteiger partial charge on any atom is 0.401 e. The fourth-order valence-electron chi connectivity index (χ4n) is 1.62. The van der Waals surface area contributed by atoms with E-state index in [0.29, 0.717) is 19.5 Å². The SMILES string of the molecule is CC1CN(CC(F)(F)F)CCC1O.